The Morgan fingerprint density at radius 3 is 2.35 bits per heavy atom. The molecule has 3 rings (SSSR count). The molecule has 0 radical (unpaired) electrons. The van der Waals surface area contributed by atoms with Crippen LogP contribution >= 0.6 is 0 Å². The second-order valence-corrected chi connectivity index (χ2v) is 4.40. The van der Waals surface area contributed by atoms with Gasteiger partial charge in [-0.25, -0.2) is 4.79 Å². The Bertz CT molecular complexity index is 1050. The number of hydrogen-bond acceptors (Lipinski definition) is 6. The monoisotopic (exact) mass is 279 g/mol. The summed E-state index contributed by atoms with van der Waals surface area (Å²) in [4.78, 5) is 36.2. The van der Waals surface area contributed by atoms with E-state index in [4.69, 9.17) is 0 Å². The SMILES string of the molecule is Cn1c(=O)c2c3no[n+]([O-])c3c(=O)n(C)c2n(C)c1=O. The summed E-state index contributed by atoms with van der Waals surface area (Å²) in [5.74, 6) is 0. The Hall–Kier alpha value is -2.91. The molecule has 0 aromatic carbocycles. The molecule has 3 aromatic rings. The molecule has 0 aliphatic rings. The molecule has 0 atom stereocenters. The van der Waals surface area contributed by atoms with Crippen molar-refractivity contribution in [3.8, 4) is 0 Å². The maximum Gasteiger partial charge on any atom is 0.332 e. The smallest absolute Gasteiger partial charge is 0.332 e. The summed E-state index contributed by atoms with van der Waals surface area (Å²) in [6.45, 7) is 0. The average Bonchev–Trinajstić information content (AvgIpc) is 2.80. The molecule has 0 unspecified atom stereocenters. The quantitative estimate of drug-likeness (QED) is 0.427. The first-order valence-corrected chi connectivity index (χ1v) is 5.54. The molecule has 0 saturated carbocycles. The highest BCUT2D eigenvalue weighted by Crippen LogP contribution is 2.13. The van der Waals surface area contributed by atoms with E-state index in [1.807, 2.05) is 0 Å². The Labute approximate surface area is 109 Å². The Morgan fingerprint density at radius 1 is 1.05 bits per heavy atom. The normalized spacial score (nSPS) is 11.6. The lowest BCUT2D eigenvalue weighted by Gasteiger charge is -2.09. The van der Waals surface area contributed by atoms with E-state index in [2.05, 4.69) is 9.79 Å². The zero-order valence-electron chi connectivity index (χ0n) is 10.8. The van der Waals surface area contributed by atoms with Gasteiger partial charge in [-0.1, -0.05) is 0 Å². The summed E-state index contributed by atoms with van der Waals surface area (Å²) in [7, 11) is 4.07. The minimum atomic E-state index is -0.702. The van der Waals surface area contributed by atoms with Gasteiger partial charge in [0, 0.05) is 26.3 Å². The molecule has 0 aliphatic carbocycles. The fourth-order valence-electron chi connectivity index (χ4n) is 2.28. The highest BCUT2D eigenvalue weighted by molar-refractivity contribution is 5.98. The lowest BCUT2D eigenvalue weighted by atomic mass is 10.2. The van der Waals surface area contributed by atoms with Gasteiger partial charge in [0.05, 0.1) is 0 Å². The van der Waals surface area contributed by atoms with Crippen LogP contribution in [0.3, 0.4) is 0 Å². The number of nitrogens with zero attached hydrogens (tertiary/aromatic N) is 5. The first-order valence-electron chi connectivity index (χ1n) is 5.54. The van der Waals surface area contributed by atoms with Crippen LogP contribution in [0.15, 0.2) is 19.0 Å². The van der Waals surface area contributed by atoms with Crippen molar-refractivity contribution in [2.24, 2.45) is 21.1 Å². The molecule has 10 heteroatoms. The molecule has 3 aromatic heterocycles. The van der Waals surface area contributed by atoms with E-state index >= 15 is 0 Å². The van der Waals surface area contributed by atoms with Crippen molar-refractivity contribution in [2.45, 2.75) is 0 Å². The number of aromatic nitrogens is 5. The maximum atomic E-state index is 12.2. The minimum absolute atomic E-state index is 0.0231. The van der Waals surface area contributed by atoms with Crippen LogP contribution < -0.4 is 21.7 Å². The van der Waals surface area contributed by atoms with Gasteiger partial charge in [0.15, 0.2) is 0 Å². The maximum absolute atomic E-state index is 12.2. The number of rotatable bonds is 0. The number of hydrogen-bond donors (Lipinski definition) is 0. The van der Waals surface area contributed by atoms with Gasteiger partial charge in [0.2, 0.25) is 0 Å². The summed E-state index contributed by atoms with van der Waals surface area (Å²) in [6.07, 6.45) is 0. The molecule has 20 heavy (non-hydrogen) atoms. The van der Waals surface area contributed by atoms with Crippen LogP contribution in [0.2, 0.25) is 0 Å². The largest absolute Gasteiger partial charge is 0.359 e. The van der Waals surface area contributed by atoms with Crippen LogP contribution in [0, 0.1) is 5.21 Å². The number of pyridine rings is 1. The molecule has 0 saturated heterocycles. The van der Waals surface area contributed by atoms with Crippen molar-refractivity contribution in [2.75, 3.05) is 0 Å². The highest BCUT2D eigenvalue weighted by Gasteiger charge is 2.25. The molecule has 104 valence electrons. The number of fused-ring (bicyclic) bond motifs is 3. The molecule has 0 N–H and O–H groups in total. The third kappa shape index (κ3) is 1.19. The zero-order valence-corrected chi connectivity index (χ0v) is 10.8. The first kappa shape index (κ1) is 12.1. The van der Waals surface area contributed by atoms with Gasteiger partial charge in [-0.2, -0.15) is 0 Å². The van der Waals surface area contributed by atoms with Crippen molar-refractivity contribution in [1.82, 2.24) is 18.9 Å². The molecule has 0 spiro atoms. The molecule has 0 amide bonds. The lowest BCUT2D eigenvalue weighted by molar-refractivity contribution is -0.782. The number of aryl methyl sites for hydroxylation is 2. The molecule has 10 nitrogen and oxygen atoms in total. The minimum Gasteiger partial charge on any atom is -0.359 e. The van der Waals surface area contributed by atoms with E-state index < -0.39 is 16.8 Å². The van der Waals surface area contributed by atoms with Gasteiger partial charge in [-0.3, -0.25) is 27.9 Å². The molecule has 3 heterocycles. The molecule has 0 aliphatic heterocycles. The summed E-state index contributed by atoms with van der Waals surface area (Å²) < 4.78 is 7.45. The fourth-order valence-corrected chi connectivity index (χ4v) is 2.28. The predicted molar refractivity (Wildman–Crippen MR) is 66.2 cm³/mol. The van der Waals surface area contributed by atoms with Crippen molar-refractivity contribution in [1.29, 1.82) is 0 Å². The molecule has 0 fully saturated rings. The highest BCUT2D eigenvalue weighted by atomic mass is 16.8. The van der Waals surface area contributed by atoms with Gasteiger partial charge in [0.25, 0.3) is 16.6 Å². The van der Waals surface area contributed by atoms with Crippen molar-refractivity contribution >= 4 is 22.1 Å². The van der Waals surface area contributed by atoms with E-state index in [0.29, 0.717) is 0 Å². The van der Waals surface area contributed by atoms with Crippen LogP contribution in [0.1, 0.15) is 0 Å². The zero-order chi connectivity index (χ0) is 14.8. The van der Waals surface area contributed by atoms with Crippen molar-refractivity contribution in [3.63, 3.8) is 0 Å². The second-order valence-electron chi connectivity index (χ2n) is 4.40. The van der Waals surface area contributed by atoms with Crippen molar-refractivity contribution < 1.29 is 9.53 Å². The van der Waals surface area contributed by atoms with E-state index in [1.54, 1.807) is 0 Å². The van der Waals surface area contributed by atoms with Crippen LogP contribution in [0.5, 0.6) is 0 Å². The van der Waals surface area contributed by atoms with Gasteiger partial charge in [-0.05, 0) is 4.90 Å². The van der Waals surface area contributed by atoms with Crippen LogP contribution in [-0.4, -0.2) is 18.9 Å². The van der Waals surface area contributed by atoms with Gasteiger partial charge < -0.3 is 5.21 Å². The van der Waals surface area contributed by atoms with Crippen molar-refractivity contribution in [3.05, 3.63) is 36.4 Å². The van der Waals surface area contributed by atoms with Crippen LogP contribution in [0.4, 0.5) is 0 Å². The van der Waals surface area contributed by atoms with Gasteiger partial charge in [-0.15, -0.1) is 0 Å². The Kier molecular flexibility index (Phi) is 2.16. The third-order valence-corrected chi connectivity index (χ3v) is 3.31. The molecular formula is C10H9N5O5. The van der Waals surface area contributed by atoms with E-state index in [-0.39, 0.29) is 27.0 Å². The fraction of sp³-hybridized carbons (Fsp3) is 0.300. The Balaban J connectivity index is 2.90. The third-order valence-electron chi connectivity index (χ3n) is 3.31. The van der Waals surface area contributed by atoms with Crippen LogP contribution in [0.25, 0.3) is 22.1 Å². The summed E-state index contributed by atoms with van der Waals surface area (Å²) in [5, 5.41) is 14.9. The predicted octanol–water partition coefficient (Wildman–Crippen LogP) is -2.29. The lowest BCUT2D eigenvalue weighted by Crippen LogP contribution is -2.40. The Morgan fingerprint density at radius 2 is 1.70 bits per heavy atom. The van der Waals surface area contributed by atoms with Gasteiger partial charge in [0.1, 0.15) is 11.0 Å². The summed E-state index contributed by atoms with van der Waals surface area (Å²) >= 11 is 0. The summed E-state index contributed by atoms with van der Waals surface area (Å²) in [6, 6.07) is 0. The van der Waals surface area contributed by atoms with Gasteiger partial charge >= 0.3 is 11.2 Å². The first-order chi connectivity index (χ1) is 9.36. The molecule has 0 bridgehead atoms. The topological polar surface area (TPSA) is 119 Å². The van der Waals surface area contributed by atoms with E-state index in [1.165, 1.54) is 21.1 Å². The van der Waals surface area contributed by atoms with E-state index in [0.717, 1.165) is 13.7 Å². The van der Waals surface area contributed by atoms with Crippen LogP contribution in [-0.2, 0) is 21.1 Å². The van der Waals surface area contributed by atoms with E-state index in [9.17, 15) is 19.6 Å². The second kappa shape index (κ2) is 3.56. The molecular weight excluding hydrogens is 270 g/mol. The standard InChI is InChI=1S/C10H9N5O5/c1-12-7-4(8(16)14(3)10(18)13(7)2)5-6(9(12)17)15(19)20-11-5/h1-3H3. The average molecular weight is 279 g/mol. The summed E-state index contributed by atoms with van der Waals surface area (Å²) in [5.41, 5.74) is -2.41.